The maximum atomic E-state index is 12.1. The van der Waals surface area contributed by atoms with Crippen LogP contribution in [-0.4, -0.2) is 18.2 Å². The molecule has 0 spiro atoms. The molecule has 6 heteroatoms. The lowest BCUT2D eigenvalue weighted by Crippen LogP contribution is -2.19. The van der Waals surface area contributed by atoms with Gasteiger partial charge in [0.15, 0.2) is 5.11 Å². The van der Waals surface area contributed by atoms with Gasteiger partial charge in [-0.05, 0) is 36.0 Å². The van der Waals surface area contributed by atoms with Crippen LogP contribution in [-0.2, 0) is 11.2 Å². The molecule has 0 atom stereocenters. The average molecular weight is 383 g/mol. The van der Waals surface area contributed by atoms with E-state index in [0.717, 1.165) is 17.0 Å². The number of esters is 1. The summed E-state index contributed by atoms with van der Waals surface area (Å²) in [5, 5.41) is 7.33. The third kappa shape index (κ3) is 4.68. The monoisotopic (exact) mass is 382 g/mol. The van der Waals surface area contributed by atoms with Crippen molar-refractivity contribution in [1.82, 2.24) is 0 Å². The molecule has 3 rings (SSSR count). The Labute approximate surface area is 161 Å². The summed E-state index contributed by atoms with van der Waals surface area (Å²) in [4.78, 5) is 13.2. The number of para-hydroxylation sites is 1. The van der Waals surface area contributed by atoms with Crippen LogP contribution in [0.5, 0.6) is 0 Å². The summed E-state index contributed by atoms with van der Waals surface area (Å²) in [6.45, 7) is 0. The van der Waals surface area contributed by atoms with Gasteiger partial charge in [-0.15, -0.1) is 11.3 Å². The zero-order valence-corrected chi connectivity index (χ0v) is 15.8. The van der Waals surface area contributed by atoms with Gasteiger partial charge < -0.3 is 15.4 Å². The topological polar surface area (TPSA) is 50.4 Å². The van der Waals surface area contributed by atoms with Crippen LogP contribution in [0.2, 0.25) is 0 Å². The predicted molar refractivity (Wildman–Crippen MR) is 111 cm³/mol. The van der Waals surface area contributed by atoms with E-state index in [1.54, 1.807) is 0 Å². The quantitative estimate of drug-likeness (QED) is 0.484. The number of methoxy groups -OCH3 is 1. The molecule has 132 valence electrons. The van der Waals surface area contributed by atoms with Crippen LogP contribution in [0, 0.1) is 0 Å². The van der Waals surface area contributed by atoms with Crippen LogP contribution in [0.25, 0.3) is 0 Å². The summed E-state index contributed by atoms with van der Waals surface area (Å²) in [7, 11) is 1.38. The fourth-order valence-electron chi connectivity index (χ4n) is 2.47. The molecular formula is C20H18N2O2S2. The highest BCUT2D eigenvalue weighted by Gasteiger charge is 2.18. The summed E-state index contributed by atoms with van der Waals surface area (Å²) in [5.74, 6) is -0.384. The predicted octanol–water partition coefficient (Wildman–Crippen LogP) is 4.93. The van der Waals surface area contributed by atoms with Gasteiger partial charge in [0.2, 0.25) is 0 Å². The van der Waals surface area contributed by atoms with Crippen molar-refractivity contribution in [1.29, 1.82) is 0 Å². The van der Waals surface area contributed by atoms with Crippen molar-refractivity contribution in [3.8, 4) is 0 Å². The van der Waals surface area contributed by atoms with Crippen molar-refractivity contribution in [2.24, 2.45) is 0 Å². The molecule has 1 aromatic heterocycles. The molecule has 2 N–H and O–H groups in total. The number of hydrogen-bond acceptors (Lipinski definition) is 4. The number of nitrogens with one attached hydrogen (secondary N) is 2. The molecule has 2 aromatic carbocycles. The van der Waals surface area contributed by atoms with Crippen LogP contribution < -0.4 is 10.6 Å². The van der Waals surface area contributed by atoms with Crippen molar-refractivity contribution in [3.05, 3.63) is 82.7 Å². The Morgan fingerprint density at radius 2 is 1.69 bits per heavy atom. The molecule has 0 aliphatic rings. The van der Waals surface area contributed by atoms with E-state index >= 15 is 0 Å². The molecule has 0 aliphatic carbocycles. The molecule has 26 heavy (non-hydrogen) atoms. The molecule has 0 saturated heterocycles. The lowest BCUT2D eigenvalue weighted by molar-refractivity contribution is 0.0602. The largest absolute Gasteiger partial charge is 0.465 e. The van der Waals surface area contributed by atoms with Gasteiger partial charge in [0.1, 0.15) is 5.00 Å². The van der Waals surface area contributed by atoms with Crippen molar-refractivity contribution in [3.63, 3.8) is 0 Å². The number of rotatable bonds is 5. The zero-order valence-electron chi connectivity index (χ0n) is 14.2. The normalized spacial score (nSPS) is 10.2. The molecule has 0 bridgehead atoms. The van der Waals surface area contributed by atoms with Gasteiger partial charge in [-0.25, -0.2) is 4.79 Å². The first-order valence-electron chi connectivity index (χ1n) is 8.03. The summed E-state index contributed by atoms with van der Waals surface area (Å²) < 4.78 is 4.90. The Kier molecular flexibility index (Phi) is 5.99. The summed E-state index contributed by atoms with van der Waals surface area (Å²) >= 11 is 6.87. The Morgan fingerprint density at radius 3 is 2.35 bits per heavy atom. The lowest BCUT2D eigenvalue weighted by Gasteiger charge is -2.10. The van der Waals surface area contributed by atoms with E-state index in [0.29, 0.717) is 15.7 Å². The molecule has 0 unspecified atom stereocenters. The minimum atomic E-state index is -0.384. The number of thiocarbonyl (C=S) groups is 1. The first kappa shape index (κ1) is 18.1. The van der Waals surface area contributed by atoms with E-state index in [1.165, 1.54) is 24.0 Å². The second-order valence-corrected chi connectivity index (χ2v) is 7.10. The van der Waals surface area contributed by atoms with Gasteiger partial charge in [0, 0.05) is 17.0 Å². The van der Waals surface area contributed by atoms with Crippen molar-refractivity contribution in [2.75, 3.05) is 17.7 Å². The van der Waals surface area contributed by atoms with Crippen LogP contribution in [0.3, 0.4) is 0 Å². The minimum absolute atomic E-state index is 0.384. The van der Waals surface area contributed by atoms with E-state index in [9.17, 15) is 4.79 Å². The minimum Gasteiger partial charge on any atom is -0.465 e. The average Bonchev–Trinajstić information content (AvgIpc) is 3.04. The zero-order chi connectivity index (χ0) is 18.4. The number of benzene rings is 2. The summed E-state index contributed by atoms with van der Waals surface area (Å²) in [6.07, 6.45) is 0.746. The Balaban J connectivity index is 1.78. The van der Waals surface area contributed by atoms with E-state index in [4.69, 9.17) is 17.0 Å². The van der Waals surface area contributed by atoms with Crippen molar-refractivity contribution < 1.29 is 9.53 Å². The van der Waals surface area contributed by atoms with Gasteiger partial charge in [-0.1, -0.05) is 48.5 Å². The highest BCUT2D eigenvalue weighted by atomic mass is 32.1. The van der Waals surface area contributed by atoms with Gasteiger partial charge >= 0.3 is 5.97 Å². The Bertz CT molecular complexity index is 893. The molecule has 0 aliphatic heterocycles. The van der Waals surface area contributed by atoms with Gasteiger partial charge in [-0.2, -0.15) is 0 Å². The van der Waals surface area contributed by atoms with E-state index in [2.05, 4.69) is 22.8 Å². The molecule has 1 heterocycles. The van der Waals surface area contributed by atoms with Gasteiger partial charge in [-0.3, -0.25) is 0 Å². The number of carbonyl (C=O) groups excluding carboxylic acids is 1. The molecule has 0 fully saturated rings. The van der Waals surface area contributed by atoms with Crippen LogP contribution in [0.4, 0.5) is 10.7 Å². The SMILES string of the molecule is COC(=O)c1cc(Cc2ccccc2)sc1NC(=S)Nc1ccccc1. The molecule has 0 radical (unpaired) electrons. The van der Waals surface area contributed by atoms with Crippen LogP contribution in [0.1, 0.15) is 20.8 Å². The third-order valence-electron chi connectivity index (χ3n) is 3.67. The van der Waals surface area contributed by atoms with Crippen LogP contribution in [0.15, 0.2) is 66.7 Å². The molecule has 0 saturated carbocycles. The Morgan fingerprint density at radius 1 is 1.04 bits per heavy atom. The van der Waals surface area contributed by atoms with Crippen LogP contribution >= 0.6 is 23.6 Å². The highest BCUT2D eigenvalue weighted by Crippen LogP contribution is 2.30. The lowest BCUT2D eigenvalue weighted by atomic mass is 10.1. The van der Waals surface area contributed by atoms with E-state index in [-0.39, 0.29) is 5.97 Å². The number of anilines is 2. The highest BCUT2D eigenvalue weighted by molar-refractivity contribution is 7.80. The van der Waals surface area contributed by atoms with Crippen molar-refractivity contribution in [2.45, 2.75) is 6.42 Å². The van der Waals surface area contributed by atoms with E-state index in [1.807, 2.05) is 54.6 Å². The summed E-state index contributed by atoms with van der Waals surface area (Å²) in [6, 6.07) is 21.6. The smallest absolute Gasteiger partial charge is 0.340 e. The Hall–Kier alpha value is -2.70. The first-order valence-corrected chi connectivity index (χ1v) is 9.26. The van der Waals surface area contributed by atoms with E-state index < -0.39 is 0 Å². The summed E-state index contributed by atoms with van der Waals surface area (Å²) in [5.41, 5.74) is 2.55. The third-order valence-corrected chi connectivity index (χ3v) is 4.92. The van der Waals surface area contributed by atoms with Crippen molar-refractivity contribution >= 4 is 45.3 Å². The van der Waals surface area contributed by atoms with Gasteiger partial charge in [0.25, 0.3) is 0 Å². The standard InChI is InChI=1S/C20H18N2O2S2/c1-24-19(23)17-13-16(12-14-8-4-2-5-9-14)26-18(17)22-20(25)21-15-10-6-3-7-11-15/h2-11,13H,12H2,1H3,(H2,21,22,25). The first-order chi connectivity index (χ1) is 12.7. The fraction of sp³-hybridized carbons (Fsp3) is 0.100. The molecule has 0 amide bonds. The fourth-order valence-corrected chi connectivity index (χ4v) is 3.84. The maximum Gasteiger partial charge on any atom is 0.340 e. The second-order valence-electron chi connectivity index (χ2n) is 5.55. The number of thiophene rings is 1. The number of carbonyl (C=O) groups is 1. The maximum absolute atomic E-state index is 12.1. The molecular weight excluding hydrogens is 364 g/mol. The second kappa shape index (κ2) is 8.60. The number of hydrogen-bond donors (Lipinski definition) is 2. The molecule has 3 aromatic rings. The number of ether oxygens (including phenoxy) is 1. The van der Waals surface area contributed by atoms with Gasteiger partial charge in [0.05, 0.1) is 12.7 Å². The molecule has 4 nitrogen and oxygen atoms in total.